The van der Waals surface area contributed by atoms with Crippen molar-refractivity contribution in [2.45, 2.75) is 39.7 Å². The predicted octanol–water partition coefficient (Wildman–Crippen LogP) is 6.55. The van der Waals surface area contributed by atoms with Crippen LogP contribution in [0.4, 0.5) is 0 Å². The van der Waals surface area contributed by atoms with Crippen molar-refractivity contribution in [2.75, 3.05) is 6.54 Å². The first-order chi connectivity index (χ1) is 16.5. The van der Waals surface area contributed by atoms with Gasteiger partial charge in [-0.15, -0.1) is 0 Å². The van der Waals surface area contributed by atoms with Gasteiger partial charge >= 0.3 is 0 Å². The van der Waals surface area contributed by atoms with Gasteiger partial charge in [0.05, 0.1) is 17.0 Å². The van der Waals surface area contributed by atoms with E-state index in [1.807, 2.05) is 80.6 Å². The van der Waals surface area contributed by atoms with E-state index in [1.165, 1.54) is 0 Å². The van der Waals surface area contributed by atoms with Crippen LogP contribution < -0.4 is 10.2 Å². The molecule has 1 aromatic heterocycles. The number of amides is 1. The average Bonchev–Trinajstić information content (AvgIpc) is 3.11. The number of hydrogen-bond donors (Lipinski definition) is 0. The molecule has 34 heavy (non-hydrogen) atoms. The largest absolute Gasteiger partial charge is 0.457 e. The van der Waals surface area contributed by atoms with Gasteiger partial charge in [0.25, 0.3) is 5.91 Å². The quantitative estimate of drug-likeness (QED) is 0.332. The minimum absolute atomic E-state index is 0.147. The number of carbonyl (C=O) groups excluding carboxylic acids is 1. The van der Waals surface area contributed by atoms with E-state index in [1.54, 1.807) is 4.90 Å². The number of nitrogens with zero attached hydrogens (tertiary/aromatic N) is 1. The standard InChI is InChI=1S/C29H27NO4/c1-4-5-14-30-26(20-10-9-13-22(17-20)33-21-11-7-6-8-12-21)25-27(31)23-15-18(2)19(3)16-24(23)34-28(25)29(30)32/h6-13,15-17,26H,4-5,14H2,1-3H3/t26-/m0/s1. The van der Waals surface area contributed by atoms with Crippen molar-refractivity contribution in [3.63, 3.8) is 0 Å². The summed E-state index contributed by atoms with van der Waals surface area (Å²) in [5.41, 5.74) is 3.58. The summed E-state index contributed by atoms with van der Waals surface area (Å²) < 4.78 is 12.1. The maximum absolute atomic E-state index is 13.7. The molecule has 3 aromatic carbocycles. The third kappa shape index (κ3) is 3.77. The lowest BCUT2D eigenvalue weighted by molar-refractivity contribution is 0.0725. The lowest BCUT2D eigenvalue weighted by Gasteiger charge is -2.25. The third-order valence-corrected chi connectivity index (χ3v) is 6.49. The summed E-state index contributed by atoms with van der Waals surface area (Å²) in [6.07, 6.45) is 1.77. The summed E-state index contributed by atoms with van der Waals surface area (Å²) in [4.78, 5) is 29.0. The number of unbranched alkanes of at least 4 members (excludes halogenated alkanes) is 1. The first kappa shape index (κ1) is 22.0. The van der Waals surface area contributed by atoms with E-state index in [4.69, 9.17) is 9.15 Å². The SMILES string of the molecule is CCCCN1C(=O)c2oc3cc(C)c(C)cc3c(=O)c2[C@@H]1c1cccc(Oc2ccccc2)c1. The van der Waals surface area contributed by atoms with Gasteiger partial charge in [-0.3, -0.25) is 9.59 Å². The summed E-state index contributed by atoms with van der Waals surface area (Å²) in [5.74, 6) is 1.29. The number of hydrogen-bond acceptors (Lipinski definition) is 4. The van der Waals surface area contributed by atoms with Gasteiger partial charge in [-0.05, 0) is 73.4 Å². The van der Waals surface area contributed by atoms with E-state index in [9.17, 15) is 9.59 Å². The molecule has 1 amide bonds. The molecule has 0 unspecified atom stereocenters. The number of aryl methyl sites for hydroxylation is 2. The molecule has 0 N–H and O–H groups in total. The molecule has 5 nitrogen and oxygen atoms in total. The first-order valence-electron chi connectivity index (χ1n) is 11.7. The fraction of sp³-hybridized carbons (Fsp3) is 0.241. The molecule has 0 spiro atoms. The van der Waals surface area contributed by atoms with Crippen LogP contribution in [-0.4, -0.2) is 17.4 Å². The Kier molecular flexibility index (Phi) is 5.70. The van der Waals surface area contributed by atoms with Gasteiger partial charge in [0.15, 0.2) is 5.43 Å². The lowest BCUT2D eigenvalue weighted by Crippen LogP contribution is -2.30. The first-order valence-corrected chi connectivity index (χ1v) is 11.7. The second kappa shape index (κ2) is 8.82. The zero-order valence-corrected chi connectivity index (χ0v) is 19.6. The van der Waals surface area contributed by atoms with Crippen LogP contribution in [0.3, 0.4) is 0 Å². The summed E-state index contributed by atoms with van der Waals surface area (Å²) in [6, 6.07) is 20.3. The van der Waals surface area contributed by atoms with Crippen LogP contribution in [0.25, 0.3) is 11.0 Å². The van der Waals surface area contributed by atoms with Crippen molar-refractivity contribution in [3.05, 3.63) is 105 Å². The fourth-order valence-corrected chi connectivity index (χ4v) is 4.55. The molecule has 4 aromatic rings. The highest BCUT2D eigenvalue weighted by Gasteiger charge is 2.42. The summed E-state index contributed by atoms with van der Waals surface area (Å²) in [6.45, 7) is 6.57. The van der Waals surface area contributed by atoms with Gasteiger partial charge in [0, 0.05) is 6.54 Å². The molecule has 0 bridgehead atoms. The molecular formula is C29H27NO4. The highest BCUT2D eigenvalue weighted by atomic mass is 16.5. The highest BCUT2D eigenvalue weighted by molar-refractivity contribution is 5.99. The number of carbonyl (C=O) groups is 1. The zero-order chi connectivity index (χ0) is 23.8. The minimum atomic E-state index is -0.518. The predicted molar refractivity (Wildman–Crippen MR) is 133 cm³/mol. The van der Waals surface area contributed by atoms with Gasteiger partial charge < -0.3 is 14.1 Å². The molecule has 2 heterocycles. The Morgan fingerprint density at radius 1 is 0.912 bits per heavy atom. The maximum Gasteiger partial charge on any atom is 0.290 e. The third-order valence-electron chi connectivity index (χ3n) is 6.49. The molecule has 0 radical (unpaired) electrons. The molecule has 1 aliphatic heterocycles. The van der Waals surface area contributed by atoms with E-state index < -0.39 is 6.04 Å². The molecular weight excluding hydrogens is 426 g/mol. The Hall–Kier alpha value is -3.86. The van der Waals surface area contributed by atoms with E-state index in [-0.39, 0.29) is 17.1 Å². The molecule has 0 saturated heterocycles. The van der Waals surface area contributed by atoms with Crippen molar-refractivity contribution >= 4 is 16.9 Å². The number of ether oxygens (including phenoxy) is 1. The Balaban J connectivity index is 1.66. The lowest BCUT2D eigenvalue weighted by atomic mass is 9.97. The second-order valence-corrected chi connectivity index (χ2v) is 8.85. The van der Waals surface area contributed by atoms with Gasteiger partial charge in [-0.2, -0.15) is 0 Å². The monoisotopic (exact) mass is 453 g/mol. The van der Waals surface area contributed by atoms with Crippen LogP contribution in [0.5, 0.6) is 11.5 Å². The van der Waals surface area contributed by atoms with E-state index in [0.717, 1.165) is 35.3 Å². The van der Waals surface area contributed by atoms with Crippen molar-refractivity contribution in [1.82, 2.24) is 4.90 Å². The van der Waals surface area contributed by atoms with Crippen molar-refractivity contribution in [1.29, 1.82) is 0 Å². The number of para-hydroxylation sites is 1. The van der Waals surface area contributed by atoms with Gasteiger partial charge in [0.1, 0.15) is 17.1 Å². The molecule has 0 saturated carbocycles. The number of benzene rings is 3. The summed E-state index contributed by atoms with van der Waals surface area (Å²) >= 11 is 0. The van der Waals surface area contributed by atoms with E-state index in [0.29, 0.717) is 28.8 Å². The average molecular weight is 454 g/mol. The molecule has 1 aliphatic rings. The normalized spacial score (nSPS) is 15.1. The van der Waals surface area contributed by atoms with Crippen LogP contribution in [-0.2, 0) is 0 Å². The Bertz CT molecular complexity index is 1440. The Morgan fingerprint density at radius 2 is 1.65 bits per heavy atom. The van der Waals surface area contributed by atoms with Gasteiger partial charge in [0.2, 0.25) is 5.76 Å². The topological polar surface area (TPSA) is 59.8 Å². The fourth-order valence-electron chi connectivity index (χ4n) is 4.55. The molecule has 172 valence electrons. The molecule has 0 fully saturated rings. The number of fused-ring (bicyclic) bond motifs is 2. The second-order valence-electron chi connectivity index (χ2n) is 8.85. The summed E-state index contributed by atoms with van der Waals surface area (Å²) in [5, 5.41) is 0.508. The van der Waals surface area contributed by atoms with Crippen molar-refractivity contribution < 1.29 is 13.9 Å². The van der Waals surface area contributed by atoms with Crippen LogP contribution in [0.1, 0.15) is 58.6 Å². The molecule has 1 atom stereocenters. The zero-order valence-electron chi connectivity index (χ0n) is 19.6. The number of rotatable bonds is 6. The van der Waals surface area contributed by atoms with Crippen molar-refractivity contribution in [2.24, 2.45) is 0 Å². The van der Waals surface area contributed by atoms with Crippen LogP contribution >= 0.6 is 0 Å². The highest BCUT2D eigenvalue weighted by Crippen LogP contribution is 2.39. The maximum atomic E-state index is 13.7. The van der Waals surface area contributed by atoms with Crippen LogP contribution in [0, 0.1) is 13.8 Å². The smallest absolute Gasteiger partial charge is 0.290 e. The Morgan fingerprint density at radius 3 is 2.41 bits per heavy atom. The molecule has 5 rings (SSSR count). The van der Waals surface area contributed by atoms with E-state index >= 15 is 0 Å². The van der Waals surface area contributed by atoms with E-state index in [2.05, 4.69) is 6.92 Å². The van der Waals surface area contributed by atoms with Gasteiger partial charge in [-0.1, -0.05) is 43.7 Å². The molecule has 0 aliphatic carbocycles. The minimum Gasteiger partial charge on any atom is -0.457 e. The van der Waals surface area contributed by atoms with Gasteiger partial charge in [-0.25, -0.2) is 0 Å². The van der Waals surface area contributed by atoms with Crippen LogP contribution in [0.15, 0.2) is 75.9 Å². The van der Waals surface area contributed by atoms with Crippen molar-refractivity contribution in [3.8, 4) is 11.5 Å². The summed E-state index contributed by atoms with van der Waals surface area (Å²) in [7, 11) is 0. The Labute approximate surface area is 198 Å². The molecule has 5 heteroatoms. The van der Waals surface area contributed by atoms with Crippen LogP contribution in [0.2, 0.25) is 0 Å².